The van der Waals surface area contributed by atoms with Gasteiger partial charge in [-0.3, -0.25) is 4.79 Å². The molecule has 30 heavy (non-hydrogen) atoms. The van der Waals surface area contributed by atoms with Crippen molar-refractivity contribution in [3.63, 3.8) is 0 Å². The van der Waals surface area contributed by atoms with Crippen molar-refractivity contribution in [2.75, 3.05) is 19.6 Å². The van der Waals surface area contributed by atoms with Crippen LogP contribution in [0.15, 0.2) is 54.7 Å². The molecule has 1 aromatic carbocycles. The summed E-state index contributed by atoms with van der Waals surface area (Å²) in [5.74, 6) is 0.119. The molecular formula is C27H36N2O. The van der Waals surface area contributed by atoms with Gasteiger partial charge in [-0.25, -0.2) is 0 Å². The lowest BCUT2D eigenvalue weighted by Gasteiger charge is -2.20. The molecule has 0 aliphatic heterocycles. The Balaban J connectivity index is 1.70. The molecule has 2 aromatic heterocycles. The van der Waals surface area contributed by atoms with Crippen molar-refractivity contribution < 1.29 is 4.79 Å². The smallest absolute Gasteiger partial charge is 0.210 e. The number of pyridine rings is 1. The quantitative estimate of drug-likeness (QED) is 0.337. The number of hydrogen-bond donors (Lipinski definition) is 0. The maximum Gasteiger partial charge on any atom is 0.210 e. The van der Waals surface area contributed by atoms with E-state index in [1.807, 2.05) is 34.9 Å². The molecule has 0 aliphatic carbocycles. The van der Waals surface area contributed by atoms with E-state index in [1.165, 1.54) is 31.5 Å². The lowest BCUT2D eigenvalue weighted by molar-refractivity contribution is 0.103. The number of hydrogen-bond acceptors (Lipinski definition) is 2. The molecule has 0 aliphatic rings. The van der Waals surface area contributed by atoms with Crippen LogP contribution in [0.4, 0.5) is 0 Å². The standard InChI is InChI=1S/C27H36N2O/c1-4-10-24-21-25-12-7-8-20-29(25)26(24)27(30)23-15-13-22(14-16-23)11-9-19-28(17-5-2)18-6-3/h7-8,12-16,20-21H,4-6,9-11,17-19H2,1-3H3. The number of fused-ring (bicyclic) bond motifs is 1. The van der Waals surface area contributed by atoms with Gasteiger partial charge in [0, 0.05) is 17.3 Å². The molecule has 3 rings (SSSR count). The van der Waals surface area contributed by atoms with Gasteiger partial charge in [-0.2, -0.15) is 0 Å². The third-order valence-corrected chi connectivity index (χ3v) is 5.73. The second-order valence-corrected chi connectivity index (χ2v) is 8.23. The van der Waals surface area contributed by atoms with Crippen LogP contribution in [0.5, 0.6) is 0 Å². The fourth-order valence-corrected chi connectivity index (χ4v) is 4.33. The normalized spacial score (nSPS) is 11.5. The minimum absolute atomic E-state index is 0.119. The van der Waals surface area contributed by atoms with Crippen LogP contribution in [0, 0.1) is 0 Å². The van der Waals surface area contributed by atoms with Crippen LogP contribution in [0.3, 0.4) is 0 Å². The van der Waals surface area contributed by atoms with E-state index in [-0.39, 0.29) is 5.78 Å². The Kier molecular flexibility index (Phi) is 8.27. The average molecular weight is 405 g/mol. The van der Waals surface area contributed by atoms with Crippen molar-refractivity contribution in [2.24, 2.45) is 0 Å². The lowest BCUT2D eigenvalue weighted by atomic mass is 10.0. The summed E-state index contributed by atoms with van der Waals surface area (Å²) in [6.07, 6.45) is 8.60. The summed E-state index contributed by atoms with van der Waals surface area (Å²) >= 11 is 0. The van der Waals surface area contributed by atoms with E-state index in [0.29, 0.717) is 0 Å². The third kappa shape index (κ3) is 5.40. The van der Waals surface area contributed by atoms with E-state index in [0.717, 1.165) is 54.6 Å². The van der Waals surface area contributed by atoms with Crippen LogP contribution >= 0.6 is 0 Å². The van der Waals surface area contributed by atoms with Crippen molar-refractivity contribution in [3.05, 3.63) is 77.1 Å². The molecule has 0 saturated carbocycles. The van der Waals surface area contributed by atoms with E-state index in [9.17, 15) is 4.79 Å². The maximum absolute atomic E-state index is 13.3. The van der Waals surface area contributed by atoms with E-state index in [1.54, 1.807) is 0 Å². The third-order valence-electron chi connectivity index (χ3n) is 5.73. The molecule has 3 nitrogen and oxygen atoms in total. The second-order valence-electron chi connectivity index (χ2n) is 8.23. The molecule has 0 fully saturated rings. The monoisotopic (exact) mass is 404 g/mol. The zero-order chi connectivity index (χ0) is 21.3. The molecule has 0 radical (unpaired) electrons. The summed E-state index contributed by atoms with van der Waals surface area (Å²) in [7, 11) is 0. The number of benzene rings is 1. The highest BCUT2D eigenvalue weighted by atomic mass is 16.1. The van der Waals surface area contributed by atoms with Crippen LogP contribution in [0.2, 0.25) is 0 Å². The van der Waals surface area contributed by atoms with E-state index in [4.69, 9.17) is 0 Å². The topological polar surface area (TPSA) is 24.7 Å². The molecule has 0 bridgehead atoms. The summed E-state index contributed by atoms with van der Waals surface area (Å²) in [6.45, 7) is 10.2. The molecule has 0 unspecified atom stereocenters. The number of ketones is 1. The maximum atomic E-state index is 13.3. The summed E-state index contributed by atoms with van der Waals surface area (Å²) in [5.41, 5.74) is 5.14. The fourth-order valence-electron chi connectivity index (χ4n) is 4.33. The summed E-state index contributed by atoms with van der Waals surface area (Å²) < 4.78 is 2.04. The molecule has 0 spiro atoms. The predicted molar refractivity (Wildman–Crippen MR) is 127 cm³/mol. The fraction of sp³-hybridized carbons (Fsp3) is 0.444. The number of aromatic nitrogens is 1. The molecule has 0 N–H and O–H groups in total. The number of carbonyl (C=O) groups excluding carboxylic acids is 1. The predicted octanol–water partition coefficient (Wildman–Crippen LogP) is 6.18. The molecule has 3 heteroatoms. The van der Waals surface area contributed by atoms with Gasteiger partial charge in [-0.15, -0.1) is 0 Å². The minimum atomic E-state index is 0.119. The summed E-state index contributed by atoms with van der Waals surface area (Å²) in [6, 6.07) is 16.5. The second kappa shape index (κ2) is 11.1. The average Bonchev–Trinajstić information content (AvgIpc) is 3.12. The first-order chi connectivity index (χ1) is 14.7. The van der Waals surface area contributed by atoms with Crippen molar-refractivity contribution in [3.8, 4) is 0 Å². The molecule has 0 atom stereocenters. The largest absolute Gasteiger partial charge is 0.313 e. The molecule has 2 heterocycles. The molecule has 160 valence electrons. The zero-order valence-corrected chi connectivity index (χ0v) is 18.9. The van der Waals surface area contributed by atoms with E-state index < -0.39 is 0 Å². The van der Waals surface area contributed by atoms with Crippen molar-refractivity contribution in [2.45, 2.75) is 59.3 Å². The van der Waals surface area contributed by atoms with E-state index in [2.05, 4.69) is 49.9 Å². The number of aryl methyl sites for hydroxylation is 2. The van der Waals surface area contributed by atoms with Crippen LogP contribution in [0.1, 0.15) is 73.6 Å². The van der Waals surface area contributed by atoms with Gasteiger partial charge >= 0.3 is 0 Å². The number of carbonyl (C=O) groups is 1. The van der Waals surface area contributed by atoms with Crippen LogP contribution < -0.4 is 0 Å². The SMILES string of the molecule is CCCc1cc2ccccn2c1C(=O)c1ccc(CCCN(CCC)CCC)cc1. The molecule has 3 aromatic rings. The Hall–Kier alpha value is -2.39. The first-order valence-corrected chi connectivity index (χ1v) is 11.6. The number of nitrogens with zero attached hydrogens (tertiary/aromatic N) is 2. The van der Waals surface area contributed by atoms with Gasteiger partial charge in [0.25, 0.3) is 0 Å². The zero-order valence-electron chi connectivity index (χ0n) is 18.9. The Labute approximate surface area is 181 Å². The number of rotatable bonds is 12. The van der Waals surface area contributed by atoms with Gasteiger partial charge in [0.1, 0.15) is 0 Å². The first-order valence-electron chi connectivity index (χ1n) is 11.6. The van der Waals surface area contributed by atoms with Gasteiger partial charge < -0.3 is 9.30 Å². The van der Waals surface area contributed by atoms with Gasteiger partial charge in [0.2, 0.25) is 5.78 Å². The van der Waals surface area contributed by atoms with Gasteiger partial charge in [0.15, 0.2) is 0 Å². The first kappa shape index (κ1) is 22.3. The van der Waals surface area contributed by atoms with Crippen molar-refractivity contribution >= 4 is 11.3 Å². The van der Waals surface area contributed by atoms with Crippen LogP contribution in [-0.4, -0.2) is 34.7 Å². The van der Waals surface area contributed by atoms with Crippen molar-refractivity contribution in [1.29, 1.82) is 0 Å². The Morgan fingerprint density at radius 3 is 2.27 bits per heavy atom. The van der Waals surface area contributed by atoms with Crippen LogP contribution in [-0.2, 0) is 12.8 Å². The van der Waals surface area contributed by atoms with Gasteiger partial charge in [-0.1, -0.05) is 57.5 Å². The molecular weight excluding hydrogens is 368 g/mol. The Morgan fingerprint density at radius 2 is 1.60 bits per heavy atom. The van der Waals surface area contributed by atoms with E-state index >= 15 is 0 Å². The molecule has 0 amide bonds. The van der Waals surface area contributed by atoms with Crippen LogP contribution in [0.25, 0.3) is 5.52 Å². The van der Waals surface area contributed by atoms with Gasteiger partial charge in [-0.05, 0) is 81.1 Å². The molecule has 0 saturated heterocycles. The lowest BCUT2D eigenvalue weighted by Crippen LogP contribution is -2.26. The highest BCUT2D eigenvalue weighted by Crippen LogP contribution is 2.22. The van der Waals surface area contributed by atoms with Gasteiger partial charge in [0.05, 0.1) is 5.69 Å². The highest BCUT2D eigenvalue weighted by Gasteiger charge is 2.18. The highest BCUT2D eigenvalue weighted by molar-refractivity contribution is 6.09. The summed E-state index contributed by atoms with van der Waals surface area (Å²) in [4.78, 5) is 15.9. The Bertz CT molecular complexity index is 933. The summed E-state index contributed by atoms with van der Waals surface area (Å²) in [5, 5.41) is 0. The van der Waals surface area contributed by atoms with Crippen molar-refractivity contribution in [1.82, 2.24) is 9.30 Å². The Morgan fingerprint density at radius 1 is 0.867 bits per heavy atom. The minimum Gasteiger partial charge on any atom is -0.313 e.